The van der Waals surface area contributed by atoms with Gasteiger partial charge in [0.1, 0.15) is 0 Å². The Morgan fingerprint density at radius 1 is 0.644 bits per heavy atom. The molecule has 3 aliphatic carbocycles. The van der Waals surface area contributed by atoms with E-state index in [-0.39, 0.29) is 46.5 Å². The van der Waals surface area contributed by atoms with Crippen LogP contribution in [0.4, 0.5) is 0 Å². The molecule has 310 valence electrons. The van der Waals surface area contributed by atoms with E-state index in [1.165, 1.54) is 122 Å². The van der Waals surface area contributed by atoms with Crippen LogP contribution >= 0.6 is 0 Å². The number of aryl methyl sites for hydroxylation is 2. The number of hydrogen-bond donors (Lipinski definition) is 0. The molecule has 0 fully saturated rings. The molecule has 0 saturated heterocycles. The second-order valence-electron chi connectivity index (χ2n) is 20.6. The minimum absolute atomic E-state index is 0. The first-order chi connectivity index (χ1) is 26.4. The Labute approximate surface area is 385 Å². The van der Waals surface area contributed by atoms with Crippen molar-refractivity contribution in [1.29, 1.82) is 0 Å². The second-order valence-corrected chi connectivity index (χ2v) is 21.8. The average Bonchev–Trinajstić information content (AvgIpc) is 3.79. The van der Waals surface area contributed by atoms with Crippen LogP contribution in [0, 0.1) is 19.9 Å². The summed E-state index contributed by atoms with van der Waals surface area (Å²) in [6.07, 6.45) is 7.13. The monoisotopic (exact) mass is 898 g/mol. The number of fused-ring (bicyclic) bond motifs is 5. The number of benzene rings is 4. The van der Waals surface area contributed by atoms with E-state index in [1.54, 1.807) is 0 Å². The van der Waals surface area contributed by atoms with Crippen molar-refractivity contribution in [2.24, 2.45) is 0 Å². The smallest absolute Gasteiger partial charge is 0.00873 e. The molecule has 0 heterocycles. The van der Waals surface area contributed by atoms with E-state index in [1.807, 2.05) is 0 Å². The first-order valence-electron chi connectivity index (χ1n) is 21.1. The van der Waals surface area contributed by atoms with Gasteiger partial charge in [0.15, 0.2) is 0 Å². The van der Waals surface area contributed by atoms with Crippen LogP contribution in [0.15, 0.2) is 91.0 Å². The Kier molecular flexibility index (Phi) is 14.7. The molecule has 0 N–H and O–H groups in total. The van der Waals surface area contributed by atoms with Gasteiger partial charge in [-0.1, -0.05) is 91.9 Å². The first kappa shape index (κ1) is 48.7. The van der Waals surface area contributed by atoms with Gasteiger partial charge in [0.25, 0.3) is 0 Å². The van der Waals surface area contributed by atoms with E-state index in [0.717, 1.165) is 6.42 Å². The van der Waals surface area contributed by atoms with Gasteiger partial charge in [-0.05, 0) is 58.4 Å². The third-order valence-electron chi connectivity index (χ3n) is 12.4. The molecule has 0 radical (unpaired) electrons. The van der Waals surface area contributed by atoms with Crippen molar-refractivity contribution in [2.45, 2.75) is 145 Å². The van der Waals surface area contributed by atoms with Crippen LogP contribution in [0.5, 0.6) is 0 Å². The molecule has 3 aliphatic rings. The molecule has 8 rings (SSSR count). The summed E-state index contributed by atoms with van der Waals surface area (Å²) in [6.45, 7) is 36.0. The number of allylic oxidation sites excluding steroid dienone is 4. The Balaban J connectivity index is 0.000000208. The van der Waals surface area contributed by atoms with Crippen molar-refractivity contribution >= 4 is 14.4 Å². The molecule has 0 saturated carbocycles. The Hall–Kier alpha value is -2.96. The van der Waals surface area contributed by atoms with Gasteiger partial charge in [-0.25, -0.2) is 11.6 Å². The van der Waals surface area contributed by atoms with Gasteiger partial charge in [-0.3, -0.25) is 6.08 Å². The van der Waals surface area contributed by atoms with Gasteiger partial charge >= 0.3 is 151 Å². The molecule has 5 aromatic rings. The SMILES string of the molecule is CC(C)(C)c1ccc([C](=[Zr+2])c2ccc(C(C)(C)C)cc2)cc1.CC1=[C-]C(C)(C)c2cc3c(cc21)-c1cc2c(cc1C3)C(C)(C)C=C2C.Cc1cc(C(C)C)c(C)[cH-]1.[Cl-].[Cl-]. The molecular formula is C56H66Cl2Zr-2. The zero-order valence-corrected chi connectivity index (χ0v) is 42.7. The minimum Gasteiger partial charge on any atom is -1.00 e. The van der Waals surface area contributed by atoms with Crippen molar-refractivity contribution in [3.05, 3.63) is 169 Å². The molecule has 0 amide bonds. The molecule has 5 aromatic carbocycles. The summed E-state index contributed by atoms with van der Waals surface area (Å²) in [4.78, 5) is 0. The van der Waals surface area contributed by atoms with Crippen LogP contribution in [0.2, 0.25) is 0 Å². The predicted molar refractivity (Wildman–Crippen MR) is 246 cm³/mol. The Bertz CT molecular complexity index is 2250. The van der Waals surface area contributed by atoms with E-state index in [0.29, 0.717) is 5.92 Å². The maximum absolute atomic E-state index is 3.65. The summed E-state index contributed by atoms with van der Waals surface area (Å²) in [7, 11) is 0. The second kappa shape index (κ2) is 17.8. The van der Waals surface area contributed by atoms with E-state index in [9.17, 15) is 0 Å². The quantitative estimate of drug-likeness (QED) is 0.156. The Morgan fingerprint density at radius 2 is 1.10 bits per heavy atom. The van der Waals surface area contributed by atoms with Crippen LogP contribution < -0.4 is 24.8 Å². The van der Waals surface area contributed by atoms with Gasteiger partial charge < -0.3 is 24.8 Å². The molecule has 0 atom stereocenters. The predicted octanol–water partition coefficient (Wildman–Crippen LogP) is 9.00. The number of halogens is 2. The van der Waals surface area contributed by atoms with Crippen molar-refractivity contribution in [1.82, 2.24) is 0 Å². The van der Waals surface area contributed by atoms with E-state index in [2.05, 4.69) is 208 Å². The van der Waals surface area contributed by atoms with Crippen molar-refractivity contribution < 1.29 is 49.0 Å². The summed E-state index contributed by atoms with van der Waals surface area (Å²) in [5.74, 6) is 0.675. The minimum atomic E-state index is 0. The van der Waals surface area contributed by atoms with Crippen molar-refractivity contribution in [3.8, 4) is 11.1 Å². The van der Waals surface area contributed by atoms with Gasteiger partial charge in [0.2, 0.25) is 0 Å². The molecule has 0 aromatic heterocycles. The number of hydrogen-bond acceptors (Lipinski definition) is 0. The normalized spacial score (nSPS) is 15.2. The topological polar surface area (TPSA) is 0 Å². The largest absolute Gasteiger partial charge is 1.00 e. The molecular weight excluding hydrogens is 835 g/mol. The van der Waals surface area contributed by atoms with Gasteiger partial charge in [0.05, 0.1) is 0 Å². The van der Waals surface area contributed by atoms with Gasteiger partial charge in [-0.2, -0.15) is 28.3 Å². The maximum atomic E-state index is 3.65. The number of rotatable bonds is 3. The fourth-order valence-corrected chi connectivity index (χ4v) is 9.98. The van der Waals surface area contributed by atoms with Crippen molar-refractivity contribution in [2.75, 3.05) is 0 Å². The Morgan fingerprint density at radius 3 is 1.51 bits per heavy atom. The van der Waals surface area contributed by atoms with Gasteiger partial charge in [0, 0.05) is 5.41 Å². The van der Waals surface area contributed by atoms with Crippen LogP contribution in [0.1, 0.15) is 175 Å². The zero-order valence-electron chi connectivity index (χ0n) is 38.7. The molecule has 3 heteroatoms. The van der Waals surface area contributed by atoms with Crippen LogP contribution in [-0.4, -0.2) is 3.21 Å². The molecule has 0 bridgehead atoms. The zero-order chi connectivity index (χ0) is 42.0. The third kappa shape index (κ3) is 10.2. The summed E-state index contributed by atoms with van der Waals surface area (Å²) < 4.78 is 1.42. The van der Waals surface area contributed by atoms with Crippen molar-refractivity contribution in [3.63, 3.8) is 0 Å². The fourth-order valence-electron chi connectivity index (χ4n) is 9.16. The molecule has 0 nitrogen and oxygen atoms in total. The van der Waals surface area contributed by atoms with Gasteiger partial charge in [-0.15, -0.1) is 11.6 Å². The summed E-state index contributed by atoms with van der Waals surface area (Å²) in [5.41, 5.74) is 24.8. The summed E-state index contributed by atoms with van der Waals surface area (Å²) >= 11 is 1.46. The first-order valence-corrected chi connectivity index (χ1v) is 22.3. The molecule has 0 aliphatic heterocycles. The van der Waals surface area contributed by atoms with E-state index < -0.39 is 0 Å². The maximum Gasteiger partial charge on any atom is 0.00873 e. The standard InChI is InChI=1S/C25H25.C21H26.C10H15.2ClH.Zr/c1-14-12-24(3,4)22-8-16-7-17-9-23-19(15(2)13-25(23,5)6)11-21(17)20(16)10-18(14)22;1-20(2,3)18-11-7-16(8-12-18)15-17-9-13-19(14-10-17)21(4,5)6;1-7(2)10-6-8(3)5-9(10)4;;;/h8-12H,7H2,1-6H3;7-14H,1-6H3;5-7H,1-4H3;2*1H;/q-1;;-1;;;+2/p-2. The molecule has 0 spiro atoms. The fraction of sp³-hybridized carbons (Fsp3) is 0.393. The summed E-state index contributed by atoms with van der Waals surface area (Å²) in [6, 6.07) is 32.5. The molecule has 59 heavy (non-hydrogen) atoms. The van der Waals surface area contributed by atoms with E-state index in [4.69, 9.17) is 0 Å². The van der Waals surface area contributed by atoms with Crippen LogP contribution in [-0.2, 0) is 52.3 Å². The van der Waals surface area contributed by atoms with E-state index >= 15 is 0 Å². The molecule has 0 unspecified atom stereocenters. The summed E-state index contributed by atoms with van der Waals surface area (Å²) in [5, 5.41) is 0. The average molecular weight is 901 g/mol. The third-order valence-corrected chi connectivity index (χ3v) is 13.8. The van der Waals surface area contributed by atoms with Crippen LogP contribution in [0.3, 0.4) is 0 Å². The van der Waals surface area contributed by atoms with Crippen LogP contribution in [0.25, 0.3) is 22.3 Å².